The van der Waals surface area contributed by atoms with E-state index in [1.807, 2.05) is 0 Å². The second kappa shape index (κ2) is 4.25. The van der Waals surface area contributed by atoms with E-state index in [9.17, 15) is 0 Å². The van der Waals surface area contributed by atoms with Gasteiger partial charge in [-0.05, 0) is 42.9 Å². The van der Waals surface area contributed by atoms with Gasteiger partial charge in [-0.1, -0.05) is 62.8 Å². The Morgan fingerprint density at radius 1 is 0.722 bits per heavy atom. The first-order valence-electron chi connectivity index (χ1n) is 8.24. The Morgan fingerprint density at radius 2 is 1.39 bits per heavy atom. The van der Waals surface area contributed by atoms with E-state index in [4.69, 9.17) is 0 Å². The van der Waals surface area contributed by atoms with E-state index in [0.717, 1.165) is 23.7 Å². The highest BCUT2D eigenvalue weighted by Crippen LogP contribution is 2.58. The third kappa shape index (κ3) is 1.64. The fraction of sp³-hybridized carbons (Fsp3) is 0.778. The minimum absolute atomic E-state index is 0.491. The van der Waals surface area contributed by atoms with Crippen LogP contribution < -0.4 is 0 Å². The maximum atomic E-state index is 2.55. The molecule has 0 N–H and O–H groups in total. The van der Waals surface area contributed by atoms with Gasteiger partial charge in [-0.25, -0.2) is 0 Å². The molecule has 4 aliphatic rings. The van der Waals surface area contributed by atoms with E-state index in [0.29, 0.717) is 5.41 Å². The topological polar surface area (TPSA) is 0 Å². The first kappa shape index (κ1) is 11.3. The van der Waals surface area contributed by atoms with Gasteiger partial charge < -0.3 is 0 Å². The van der Waals surface area contributed by atoms with Crippen LogP contribution >= 0.6 is 0 Å². The van der Waals surface area contributed by atoms with Crippen molar-refractivity contribution in [3.8, 4) is 0 Å². The minimum Gasteiger partial charge on any atom is -0.0743 e. The lowest BCUT2D eigenvalue weighted by atomic mass is 9.52. The van der Waals surface area contributed by atoms with Crippen LogP contribution in [0.5, 0.6) is 0 Å². The summed E-state index contributed by atoms with van der Waals surface area (Å²) in [5.74, 6) is 4.22. The van der Waals surface area contributed by atoms with Gasteiger partial charge in [0.25, 0.3) is 0 Å². The standard InChI is InChI=1S/C18H26/c1-2-7-15-13-17-16(12-14(15)6-1)8-5-11-18(17)9-3-4-10-18/h3-4,9-10,14-17H,1-2,5-8,11-13H2. The number of hydrogen-bond acceptors (Lipinski definition) is 0. The Morgan fingerprint density at radius 3 is 2.17 bits per heavy atom. The van der Waals surface area contributed by atoms with Gasteiger partial charge in [-0.15, -0.1) is 0 Å². The molecule has 98 valence electrons. The molecule has 0 aromatic heterocycles. The molecule has 0 heteroatoms. The predicted molar refractivity (Wildman–Crippen MR) is 76.2 cm³/mol. The molecule has 0 nitrogen and oxygen atoms in total. The fourth-order valence-electron chi connectivity index (χ4n) is 5.75. The molecule has 0 aromatic carbocycles. The van der Waals surface area contributed by atoms with Crippen molar-refractivity contribution in [3.05, 3.63) is 24.3 Å². The SMILES string of the molecule is C1=CC2(C=C1)CCCC1CC3CCCCC3CC12. The lowest BCUT2D eigenvalue weighted by Gasteiger charge is -2.52. The van der Waals surface area contributed by atoms with Gasteiger partial charge in [-0.3, -0.25) is 0 Å². The van der Waals surface area contributed by atoms with E-state index in [1.165, 1.54) is 38.5 Å². The van der Waals surface area contributed by atoms with Crippen molar-refractivity contribution in [1.82, 2.24) is 0 Å². The number of rotatable bonds is 0. The normalized spacial score (nSPS) is 44.9. The maximum absolute atomic E-state index is 2.55. The zero-order valence-corrected chi connectivity index (χ0v) is 11.5. The first-order valence-corrected chi connectivity index (χ1v) is 8.24. The molecule has 1 spiro atoms. The molecule has 0 radical (unpaired) electrons. The van der Waals surface area contributed by atoms with Gasteiger partial charge in [0.1, 0.15) is 0 Å². The van der Waals surface area contributed by atoms with Crippen molar-refractivity contribution in [3.63, 3.8) is 0 Å². The van der Waals surface area contributed by atoms with Crippen LogP contribution in [0.25, 0.3) is 0 Å². The zero-order chi connectivity index (χ0) is 12.0. The Kier molecular flexibility index (Phi) is 2.67. The van der Waals surface area contributed by atoms with Crippen LogP contribution in [-0.2, 0) is 0 Å². The van der Waals surface area contributed by atoms with Crippen molar-refractivity contribution in [1.29, 1.82) is 0 Å². The van der Waals surface area contributed by atoms with Crippen molar-refractivity contribution < 1.29 is 0 Å². The molecule has 3 fully saturated rings. The smallest absolute Gasteiger partial charge is 0.00980 e. The molecule has 4 aliphatic carbocycles. The fourth-order valence-corrected chi connectivity index (χ4v) is 5.75. The summed E-state index contributed by atoms with van der Waals surface area (Å²) in [6, 6.07) is 0. The number of fused-ring (bicyclic) bond motifs is 3. The second-order valence-electron chi connectivity index (χ2n) is 7.37. The third-order valence-corrected chi connectivity index (χ3v) is 6.60. The highest BCUT2D eigenvalue weighted by molar-refractivity contribution is 5.28. The van der Waals surface area contributed by atoms with Crippen molar-refractivity contribution in [2.75, 3.05) is 0 Å². The van der Waals surface area contributed by atoms with E-state index in [-0.39, 0.29) is 0 Å². The van der Waals surface area contributed by atoms with Gasteiger partial charge in [0.2, 0.25) is 0 Å². The van der Waals surface area contributed by atoms with Crippen LogP contribution in [0, 0.1) is 29.1 Å². The van der Waals surface area contributed by atoms with Gasteiger partial charge in [0.15, 0.2) is 0 Å². The molecule has 0 aromatic rings. The van der Waals surface area contributed by atoms with E-state index < -0.39 is 0 Å². The van der Waals surface area contributed by atoms with Crippen molar-refractivity contribution in [2.45, 2.75) is 57.8 Å². The average Bonchev–Trinajstić information content (AvgIpc) is 2.87. The van der Waals surface area contributed by atoms with Crippen LogP contribution in [0.15, 0.2) is 24.3 Å². The summed E-state index contributed by atoms with van der Waals surface area (Å²) in [5, 5.41) is 0. The Balaban J connectivity index is 1.61. The molecule has 0 amide bonds. The first-order chi connectivity index (χ1) is 8.87. The predicted octanol–water partition coefficient (Wildman–Crippen LogP) is 5.12. The Hall–Kier alpha value is -0.520. The van der Waals surface area contributed by atoms with Crippen LogP contribution in [0.3, 0.4) is 0 Å². The molecule has 0 aliphatic heterocycles. The highest BCUT2D eigenvalue weighted by Gasteiger charge is 2.48. The highest BCUT2D eigenvalue weighted by atomic mass is 14.5. The summed E-state index contributed by atoms with van der Waals surface area (Å²) in [7, 11) is 0. The zero-order valence-electron chi connectivity index (χ0n) is 11.5. The summed E-state index contributed by atoms with van der Waals surface area (Å²) in [5.41, 5.74) is 0.491. The summed E-state index contributed by atoms with van der Waals surface area (Å²) in [6.07, 6.45) is 23.4. The molecular formula is C18H26. The summed E-state index contributed by atoms with van der Waals surface area (Å²) >= 11 is 0. The Bertz CT molecular complexity index is 363. The van der Waals surface area contributed by atoms with Crippen molar-refractivity contribution >= 4 is 0 Å². The van der Waals surface area contributed by atoms with E-state index >= 15 is 0 Å². The molecule has 4 unspecified atom stereocenters. The van der Waals surface area contributed by atoms with E-state index in [1.54, 1.807) is 19.3 Å². The molecule has 3 saturated carbocycles. The molecular weight excluding hydrogens is 216 g/mol. The number of allylic oxidation sites excluding steroid dienone is 4. The molecule has 4 atom stereocenters. The van der Waals surface area contributed by atoms with Crippen LogP contribution in [0.1, 0.15) is 57.8 Å². The van der Waals surface area contributed by atoms with Crippen LogP contribution in [0.2, 0.25) is 0 Å². The third-order valence-electron chi connectivity index (χ3n) is 6.60. The van der Waals surface area contributed by atoms with Gasteiger partial charge >= 0.3 is 0 Å². The monoisotopic (exact) mass is 242 g/mol. The Labute approximate surface area is 112 Å². The quantitative estimate of drug-likeness (QED) is 0.553. The van der Waals surface area contributed by atoms with Crippen molar-refractivity contribution in [2.24, 2.45) is 29.1 Å². The second-order valence-corrected chi connectivity index (χ2v) is 7.37. The summed E-state index contributed by atoms with van der Waals surface area (Å²) in [6.45, 7) is 0. The van der Waals surface area contributed by atoms with Gasteiger partial charge in [0.05, 0.1) is 0 Å². The van der Waals surface area contributed by atoms with Gasteiger partial charge in [-0.2, -0.15) is 0 Å². The molecule has 0 heterocycles. The van der Waals surface area contributed by atoms with E-state index in [2.05, 4.69) is 24.3 Å². The van der Waals surface area contributed by atoms with Crippen LogP contribution in [-0.4, -0.2) is 0 Å². The minimum atomic E-state index is 0.491. The molecule has 4 rings (SSSR count). The molecule has 0 bridgehead atoms. The van der Waals surface area contributed by atoms with Gasteiger partial charge in [0, 0.05) is 5.41 Å². The van der Waals surface area contributed by atoms with Crippen LogP contribution in [0.4, 0.5) is 0 Å². The maximum Gasteiger partial charge on any atom is 0.00980 e. The molecule has 18 heavy (non-hydrogen) atoms. The largest absolute Gasteiger partial charge is 0.0743 e. The molecule has 0 saturated heterocycles. The summed E-state index contributed by atoms with van der Waals surface area (Å²) < 4.78 is 0. The number of hydrogen-bond donors (Lipinski definition) is 0. The summed E-state index contributed by atoms with van der Waals surface area (Å²) in [4.78, 5) is 0. The average molecular weight is 242 g/mol. The lowest BCUT2D eigenvalue weighted by molar-refractivity contribution is 0.00525. The lowest BCUT2D eigenvalue weighted by Crippen LogP contribution is -2.43.